The van der Waals surface area contributed by atoms with E-state index in [-0.39, 0.29) is 5.41 Å². The average molecular weight is 198 g/mol. The van der Waals surface area contributed by atoms with Crippen molar-refractivity contribution in [3.63, 3.8) is 0 Å². The molecule has 1 aromatic rings. The molecule has 74 valence electrons. The van der Waals surface area contributed by atoms with Crippen LogP contribution in [0.25, 0.3) is 0 Å². The molecule has 0 saturated carbocycles. The maximum absolute atomic E-state index is 5.60. The van der Waals surface area contributed by atoms with Crippen LogP contribution in [0.2, 0.25) is 0 Å². The molecule has 0 saturated heterocycles. The number of aromatic nitrogens is 1. The first kappa shape index (κ1) is 10.7. The summed E-state index contributed by atoms with van der Waals surface area (Å²) in [5.41, 5.74) is 5.77. The second-order valence-electron chi connectivity index (χ2n) is 4.45. The zero-order valence-corrected chi connectivity index (χ0v) is 9.61. The Labute approximate surface area is 84.2 Å². The van der Waals surface area contributed by atoms with Crippen LogP contribution in [0.5, 0.6) is 0 Å². The third-order valence-electron chi connectivity index (χ3n) is 2.00. The van der Waals surface area contributed by atoms with E-state index in [4.69, 9.17) is 5.73 Å². The predicted molar refractivity (Wildman–Crippen MR) is 58.3 cm³/mol. The molecule has 0 aromatic carbocycles. The zero-order chi connectivity index (χ0) is 10.1. The molecule has 2 N–H and O–H groups in total. The third kappa shape index (κ3) is 2.51. The van der Waals surface area contributed by atoms with Gasteiger partial charge in [-0.25, -0.2) is 4.98 Å². The Bertz CT molecular complexity index is 273. The van der Waals surface area contributed by atoms with Crippen molar-refractivity contribution in [2.75, 3.05) is 6.54 Å². The minimum atomic E-state index is 0.164. The van der Waals surface area contributed by atoms with E-state index >= 15 is 0 Å². The Morgan fingerprint density at radius 3 is 2.54 bits per heavy atom. The lowest BCUT2D eigenvalue weighted by molar-refractivity contribution is 0.585. The lowest BCUT2D eigenvalue weighted by Crippen LogP contribution is -2.10. The van der Waals surface area contributed by atoms with Crippen molar-refractivity contribution in [3.8, 4) is 0 Å². The minimum Gasteiger partial charge on any atom is -0.330 e. The van der Waals surface area contributed by atoms with Gasteiger partial charge in [0.05, 0.1) is 5.01 Å². The van der Waals surface area contributed by atoms with Crippen molar-refractivity contribution in [2.24, 2.45) is 5.73 Å². The maximum Gasteiger partial charge on any atom is 0.0981 e. The molecule has 0 aliphatic heterocycles. The van der Waals surface area contributed by atoms with Gasteiger partial charge in [0, 0.05) is 22.4 Å². The molecule has 0 aliphatic carbocycles. The lowest BCUT2D eigenvalue weighted by Gasteiger charge is -2.13. The van der Waals surface area contributed by atoms with E-state index in [1.165, 1.54) is 9.88 Å². The summed E-state index contributed by atoms with van der Waals surface area (Å²) >= 11 is 1.78. The number of rotatable bonds is 2. The van der Waals surface area contributed by atoms with Gasteiger partial charge in [0.2, 0.25) is 0 Å². The maximum atomic E-state index is 5.60. The summed E-state index contributed by atoms with van der Waals surface area (Å²) < 4.78 is 0. The van der Waals surface area contributed by atoms with Gasteiger partial charge in [-0.1, -0.05) is 27.7 Å². The van der Waals surface area contributed by atoms with E-state index in [1.54, 1.807) is 11.3 Å². The van der Waals surface area contributed by atoms with Crippen molar-refractivity contribution >= 4 is 11.3 Å². The number of nitrogens with zero attached hydrogens (tertiary/aromatic N) is 1. The molecule has 13 heavy (non-hydrogen) atoms. The van der Waals surface area contributed by atoms with Crippen LogP contribution >= 0.6 is 11.3 Å². The largest absolute Gasteiger partial charge is 0.330 e. The molecule has 0 spiro atoms. The van der Waals surface area contributed by atoms with Gasteiger partial charge in [0.25, 0.3) is 0 Å². The highest BCUT2D eigenvalue weighted by atomic mass is 32.1. The van der Waals surface area contributed by atoms with Gasteiger partial charge in [-0.05, 0) is 6.54 Å². The monoisotopic (exact) mass is 198 g/mol. The van der Waals surface area contributed by atoms with Crippen LogP contribution < -0.4 is 5.73 Å². The highest BCUT2D eigenvalue weighted by molar-refractivity contribution is 7.11. The summed E-state index contributed by atoms with van der Waals surface area (Å²) in [4.78, 5) is 5.72. The van der Waals surface area contributed by atoms with Crippen molar-refractivity contribution in [1.29, 1.82) is 0 Å². The van der Waals surface area contributed by atoms with Crippen molar-refractivity contribution < 1.29 is 0 Å². The Balaban J connectivity index is 2.87. The first-order valence-electron chi connectivity index (χ1n) is 4.61. The third-order valence-corrected chi connectivity index (χ3v) is 3.66. The summed E-state index contributed by atoms with van der Waals surface area (Å²) in [6.07, 6.45) is 1.96. The van der Waals surface area contributed by atoms with E-state index in [1.807, 2.05) is 6.20 Å². The van der Waals surface area contributed by atoms with E-state index < -0.39 is 0 Å². The van der Waals surface area contributed by atoms with Crippen LogP contribution in [0.3, 0.4) is 0 Å². The normalized spacial score (nSPS) is 14.5. The first-order chi connectivity index (χ1) is 5.95. The molecule has 1 unspecified atom stereocenters. The topological polar surface area (TPSA) is 38.9 Å². The van der Waals surface area contributed by atoms with Crippen LogP contribution in [0.15, 0.2) is 6.20 Å². The van der Waals surface area contributed by atoms with Gasteiger partial charge < -0.3 is 5.73 Å². The highest BCUT2D eigenvalue weighted by Gasteiger charge is 2.19. The van der Waals surface area contributed by atoms with E-state index in [9.17, 15) is 0 Å². The molecule has 3 heteroatoms. The molecule has 1 atom stereocenters. The van der Waals surface area contributed by atoms with Crippen molar-refractivity contribution in [1.82, 2.24) is 4.98 Å². The number of nitrogens with two attached hydrogens (primary N) is 1. The summed E-state index contributed by atoms with van der Waals surface area (Å²) in [6, 6.07) is 0. The summed E-state index contributed by atoms with van der Waals surface area (Å²) in [5.74, 6) is 0.439. The Morgan fingerprint density at radius 2 is 2.15 bits per heavy atom. The second kappa shape index (κ2) is 3.76. The molecule has 0 fully saturated rings. The van der Waals surface area contributed by atoms with E-state index in [0.29, 0.717) is 12.5 Å². The molecule has 0 radical (unpaired) electrons. The molecule has 0 bridgehead atoms. The van der Waals surface area contributed by atoms with Gasteiger partial charge in [-0.15, -0.1) is 11.3 Å². The van der Waals surface area contributed by atoms with Gasteiger partial charge in [0.15, 0.2) is 0 Å². The summed E-state index contributed by atoms with van der Waals surface area (Å²) in [6.45, 7) is 9.39. The molecular weight excluding hydrogens is 180 g/mol. The van der Waals surface area contributed by atoms with Crippen LogP contribution in [0, 0.1) is 0 Å². The van der Waals surface area contributed by atoms with Crippen molar-refractivity contribution in [2.45, 2.75) is 39.0 Å². The fraction of sp³-hybridized carbons (Fsp3) is 0.700. The standard InChI is InChI=1S/C10H18N2S/c1-7(5-11)8-6-12-9(13-8)10(2,3)4/h6-7H,5,11H2,1-4H3. The lowest BCUT2D eigenvalue weighted by atomic mass is 9.98. The van der Waals surface area contributed by atoms with Gasteiger partial charge >= 0.3 is 0 Å². The molecular formula is C10H18N2S. The summed E-state index contributed by atoms with van der Waals surface area (Å²) in [5, 5.41) is 1.20. The summed E-state index contributed by atoms with van der Waals surface area (Å²) in [7, 11) is 0. The Hall–Kier alpha value is -0.410. The smallest absolute Gasteiger partial charge is 0.0981 e. The van der Waals surface area contributed by atoms with E-state index in [2.05, 4.69) is 32.7 Å². The zero-order valence-electron chi connectivity index (χ0n) is 8.79. The van der Waals surface area contributed by atoms with Crippen LogP contribution in [-0.4, -0.2) is 11.5 Å². The first-order valence-corrected chi connectivity index (χ1v) is 5.43. The van der Waals surface area contributed by atoms with Gasteiger partial charge in [-0.3, -0.25) is 0 Å². The quantitative estimate of drug-likeness (QED) is 0.793. The average Bonchev–Trinajstić information content (AvgIpc) is 2.50. The fourth-order valence-corrected chi connectivity index (χ4v) is 2.01. The molecule has 1 heterocycles. The number of hydrogen-bond donors (Lipinski definition) is 1. The van der Waals surface area contributed by atoms with Crippen LogP contribution in [0.1, 0.15) is 43.5 Å². The van der Waals surface area contributed by atoms with Gasteiger partial charge in [-0.2, -0.15) is 0 Å². The SMILES string of the molecule is CC(CN)c1cnc(C(C)(C)C)s1. The van der Waals surface area contributed by atoms with Crippen LogP contribution in [-0.2, 0) is 5.41 Å². The minimum absolute atomic E-state index is 0.164. The number of hydrogen-bond acceptors (Lipinski definition) is 3. The fourth-order valence-electron chi connectivity index (χ4n) is 0.977. The van der Waals surface area contributed by atoms with Crippen molar-refractivity contribution in [3.05, 3.63) is 16.1 Å². The highest BCUT2D eigenvalue weighted by Crippen LogP contribution is 2.29. The Kier molecular flexibility index (Phi) is 3.09. The predicted octanol–water partition coefficient (Wildman–Crippen LogP) is 2.50. The van der Waals surface area contributed by atoms with Crippen LogP contribution in [0.4, 0.5) is 0 Å². The molecule has 0 amide bonds. The molecule has 1 aromatic heterocycles. The van der Waals surface area contributed by atoms with E-state index in [0.717, 1.165) is 0 Å². The molecule has 1 rings (SSSR count). The number of thiazole rings is 1. The molecule has 2 nitrogen and oxygen atoms in total. The Morgan fingerprint density at radius 1 is 1.54 bits per heavy atom. The second-order valence-corrected chi connectivity index (χ2v) is 5.52. The van der Waals surface area contributed by atoms with Gasteiger partial charge in [0.1, 0.15) is 0 Å². The molecule has 0 aliphatic rings.